The van der Waals surface area contributed by atoms with Gasteiger partial charge in [0.05, 0.1) is 32.5 Å². The number of rotatable bonds is 2. The number of anilines is 2. The number of para-hydroxylation sites is 4. The zero-order valence-electron chi connectivity index (χ0n) is 15.3. The molecular weight excluding hydrogens is 427 g/mol. The van der Waals surface area contributed by atoms with E-state index in [1.807, 2.05) is 0 Å². The van der Waals surface area contributed by atoms with Crippen LogP contribution in [0.5, 0.6) is 11.5 Å². The molecule has 2 heterocycles. The summed E-state index contributed by atoms with van der Waals surface area (Å²) in [7, 11) is 0. The van der Waals surface area contributed by atoms with Gasteiger partial charge in [-0.05, 0) is 36.4 Å². The Balaban J connectivity index is 1.51. The quantitative estimate of drug-likeness (QED) is 0.524. The summed E-state index contributed by atoms with van der Waals surface area (Å²) >= 11 is 12.0. The highest BCUT2D eigenvalue weighted by atomic mass is 35.5. The summed E-state index contributed by atoms with van der Waals surface area (Å²) in [5.41, 5.74) is 1.32. The Morgan fingerprint density at radius 1 is 0.800 bits per heavy atom. The fraction of sp³-hybridized carbons (Fsp3) is 0.0455. The smallest absolute Gasteiger partial charge is 0.262 e. The van der Waals surface area contributed by atoms with Gasteiger partial charge in [-0.25, -0.2) is 0 Å². The first kappa shape index (κ1) is 18.7. The van der Waals surface area contributed by atoms with Crippen molar-refractivity contribution in [3.63, 3.8) is 0 Å². The largest absolute Gasteiger partial charge is 0.453 e. The fourth-order valence-corrected chi connectivity index (χ4v) is 3.93. The van der Waals surface area contributed by atoms with Gasteiger partial charge in [-0.2, -0.15) is 0 Å². The van der Waals surface area contributed by atoms with Crippen LogP contribution in [-0.4, -0.2) is 29.2 Å². The second kappa shape index (κ2) is 6.86. The maximum Gasteiger partial charge on any atom is 0.262 e. The highest BCUT2D eigenvalue weighted by Crippen LogP contribution is 2.46. The van der Waals surface area contributed by atoms with Gasteiger partial charge in [0.1, 0.15) is 6.54 Å². The number of hydrogen-bond acceptors (Lipinski definition) is 4. The summed E-state index contributed by atoms with van der Waals surface area (Å²) in [5.74, 6) is -0.616. The van der Waals surface area contributed by atoms with Crippen LogP contribution in [0, 0.1) is 0 Å². The molecule has 0 unspecified atom stereocenters. The third-order valence-corrected chi connectivity index (χ3v) is 5.71. The van der Waals surface area contributed by atoms with Gasteiger partial charge >= 0.3 is 0 Å². The Labute approximate surface area is 181 Å². The summed E-state index contributed by atoms with van der Waals surface area (Å²) in [5, 5.41) is 0.335. The van der Waals surface area contributed by atoms with E-state index in [9.17, 15) is 14.4 Å². The number of imide groups is 1. The molecule has 0 spiro atoms. The number of hydrogen-bond donors (Lipinski definition) is 0. The molecule has 0 bridgehead atoms. The van der Waals surface area contributed by atoms with Gasteiger partial charge < -0.3 is 4.74 Å². The van der Waals surface area contributed by atoms with Crippen LogP contribution < -0.4 is 9.64 Å². The molecule has 3 aromatic rings. The Morgan fingerprint density at radius 3 is 1.77 bits per heavy atom. The van der Waals surface area contributed by atoms with Gasteiger partial charge in [0.2, 0.25) is 0 Å². The van der Waals surface area contributed by atoms with Crippen molar-refractivity contribution < 1.29 is 19.1 Å². The van der Waals surface area contributed by atoms with E-state index < -0.39 is 24.3 Å². The minimum Gasteiger partial charge on any atom is -0.453 e. The summed E-state index contributed by atoms with van der Waals surface area (Å²) in [6, 6.07) is 16.8. The predicted molar refractivity (Wildman–Crippen MR) is 112 cm³/mol. The molecule has 5 rings (SSSR count). The number of ether oxygens (including phenoxy) is 1. The highest BCUT2D eigenvalue weighted by molar-refractivity contribution is 6.43. The molecule has 0 saturated carbocycles. The number of amides is 3. The number of nitrogens with zero attached hydrogens (tertiary/aromatic N) is 2. The third-order valence-electron chi connectivity index (χ3n) is 4.99. The molecule has 3 amide bonds. The minimum atomic E-state index is -0.586. The molecule has 6 nitrogen and oxygen atoms in total. The molecule has 0 N–H and O–H groups in total. The van der Waals surface area contributed by atoms with Crippen molar-refractivity contribution in [2.45, 2.75) is 0 Å². The van der Waals surface area contributed by atoms with Gasteiger partial charge in [-0.3, -0.25) is 24.2 Å². The van der Waals surface area contributed by atoms with Gasteiger partial charge in [0.15, 0.2) is 11.5 Å². The lowest BCUT2D eigenvalue weighted by Crippen LogP contribution is -2.41. The van der Waals surface area contributed by atoms with Crippen LogP contribution in [0.15, 0.2) is 60.7 Å². The molecule has 3 aromatic carbocycles. The Hall–Kier alpha value is -3.35. The molecule has 0 atom stereocenters. The lowest BCUT2D eigenvalue weighted by atomic mass is 10.1. The van der Waals surface area contributed by atoms with Crippen LogP contribution in [0.2, 0.25) is 10.0 Å². The first-order valence-corrected chi connectivity index (χ1v) is 9.75. The van der Waals surface area contributed by atoms with E-state index in [4.69, 9.17) is 27.9 Å². The number of carbonyl (C=O) groups is 3. The van der Waals surface area contributed by atoms with E-state index in [-0.39, 0.29) is 21.2 Å². The van der Waals surface area contributed by atoms with E-state index in [0.717, 1.165) is 4.90 Å². The van der Waals surface area contributed by atoms with E-state index in [2.05, 4.69) is 0 Å². The van der Waals surface area contributed by atoms with Crippen molar-refractivity contribution in [3.05, 3.63) is 81.8 Å². The van der Waals surface area contributed by atoms with Crippen molar-refractivity contribution in [2.75, 3.05) is 11.4 Å². The number of fused-ring (bicyclic) bond motifs is 3. The predicted octanol–water partition coefficient (Wildman–Crippen LogP) is 5.06. The highest BCUT2D eigenvalue weighted by Gasteiger charge is 2.39. The molecule has 0 fully saturated rings. The molecule has 2 aliphatic heterocycles. The van der Waals surface area contributed by atoms with Crippen LogP contribution >= 0.6 is 23.2 Å². The van der Waals surface area contributed by atoms with Crippen molar-refractivity contribution in [2.24, 2.45) is 0 Å². The average Bonchev–Trinajstić information content (AvgIpc) is 2.96. The SMILES string of the molecule is O=C1c2cc(Cl)c(Cl)cc2C(=O)N1CC(=O)N1c2ccccc2Oc2ccccc21. The summed E-state index contributed by atoms with van der Waals surface area (Å²) in [4.78, 5) is 41.3. The Kier molecular flexibility index (Phi) is 4.27. The van der Waals surface area contributed by atoms with E-state index in [1.54, 1.807) is 48.5 Å². The van der Waals surface area contributed by atoms with Gasteiger partial charge in [-0.1, -0.05) is 47.5 Å². The van der Waals surface area contributed by atoms with Crippen molar-refractivity contribution in [1.29, 1.82) is 0 Å². The molecule has 0 aliphatic carbocycles. The average molecular weight is 439 g/mol. The lowest BCUT2D eigenvalue weighted by molar-refractivity contribution is -0.118. The molecule has 30 heavy (non-hydrogen) atoms. The van der Waals surface area contributed by atoms with Crippen molar-refractivity contribution in [1.82, 2.24) is 4.90 Å². The number of benzene rings is 3. The molecular formula is C22H12Cl2N2O4. The minimum absolute atomic E-state index is 0.130. The van der Waals surface area contributed by atoms with E-state index in [1.165, 1.54) is 17.0 Å². The zero-order chi connectivity index (χ0) is 21.0. The van der Waals surface area contributed by atoms with Crippen LogP contribution in [-0.2, 0) is 4.79 Å². The molecule has 2 aliphatic rings. The third kappa shape index (κ3) is 2.76. The second-order valence-corrected chi connectivity index (χ2v) is 7.59. The molecule has 0 aromatic heterocycles. The molecule has 0 radical (unpaired) electrons. The van der Waals surface area contributed by atoms with Gasteiger partial charge in [0, 0.05) is 0 Å². The van der Waals surface area contributed by atoms with E-state index >= 15 is 0 Å². The maximum absolute atomic E-state index is 13.3. The first-order valence-electron chi connectivity index (χ1n) is 9.00. The second-order valence-electron chi connectivity index (χ2n) is 6.78. The fourth-order valence-electron chi connectivity index (χ4n) is 3.61. The van der Waals surface area contributed by atoms with Crippen LogP contribution in [0.25, 0.3) is 0 Å². The van der Waals surface area contributed by atoms with Crippen LogP contribution in [0.1, 0.15) is 20.7 Å². The Bertz CT molecular complexity index is 1170. The zero-order valence-corrected chi connectivity index (χ0v) is 16.8. The van der Waals surface area contributed by atoms with Crippen LogP contribution in [0.4, 0.5) is 11.4 Å². The maximum atomic E-state index is 13.3. The normalized spacial score (nSPS) is 14.2. The number of carbonyl (C=O) groups excluding carboxylic acids is 3. The summed E-state index contributed by atoms with van der Waals surface area (Å²) in [6.07, 6.45) is 0. The molecule has 8 heteroatoms. The summed E-state index contributed by atoms with van der Waals surface area (Å²) in [6.45, 7) is -0.440. The molecule has 148 valence electrons. The van der Waals surface area contributed by atoms with Crippen molar-refractivity contribution >= 4 is 52.3 Å². The monoisotopic (exact) mass is 438 g/mol. The topological polar surface area (TPSA) is 66.9 Å². The first-order chi connectivity index (χ1) is 14.5. The van der Waals surface area contributed by atoms with Gasteiger partial charge in [-0.15, -0.1) is 0 Å². The van der Waals surface area contributed by atoms with Crippen molar-refractivity contribution in [3.8, 4) is 11.5 Å². The lowest BCUT2D eigenvalue weighted by Gasteiger charge is -2.31. The number of halogens is 2. The molecule has 0 saturated heterocycles. The summed E-state index contributed by atoms with van der Waals surface area (Å²) < 4.78 is 5.88. The van der Waals surface area contributed by atoms with Gasteiger partial charge in [0.25, 0.3) is 17.7 Å². The van der Waals surface area contributed by atoms with Crippen LogP contribution in [0.3, 0.4) is 0 Å². The standard InChI is InChI=1S/C22H12Cl2N2O4/c23-14-9-12-13(10-15(14)24)22(29)25(21(12)28)11-20(27)26-16-5-1-3-7-18(16)30-19-8-4-2-6-17(19)26/h1-10H,11H2. The Morgan fingerprint density at radius 2 is 1.27 bits per heavy atom. The van der Waals surface area contributed by atoms with E-state index in [0.29, 0.717) is 22.9 Å².